The van der Waals surface area contributed by atoms with Crippen molar-refractivity contribution in [2.24, 2.45) is 0 Å². The van der Waals surface area contributed by atoms with Gasteiger partial charge in [0.25, 0.3) is 0 Å². The van der Waals surface area contributed by atoms with E-state index in [-0.39, 0.29) is 17.6 Å². The molecular weight excluding hydrogens is 458 g/mol. The topological polar surface area (TPSA) is 84.6 Å². The Morgan fingerprint density at radius 3 is 2.62 bits per heavy atom. The van der Waals surface area contributed by atoms with Gasteiger partial charge in [-0.05, 0) is 51.5 Å². The first kappa shape index (κ1) is 22.5. The Kier molecular flexibility index (Phi) is 6.13. The minimum atomic E-state index is -1.31. The molecule has 1 aromatic carbocycles. The normalized spacial score (nSPS) is 19.2. The number of likely N-dealkylation sites (tertiary alicyclic amines) is 1. The molecule has 11 heteroatoms. The Morgan fingerprint density at radius 2 is 1.97 bits per heavy atom. The van der Waals surface area contributed by atoms with Gasteiger partial charge in [0.1, 0.15) is 17.3 Å². The fourth-order valence-corrected chi connectivity index (χ4v) is 3.76. The van der Waals surface area contributed by atoms with Crippen molar-refractivity contribution in [1.29, 1.82) is 0 Å². The Morgan fingerprint density at radius 1 is 1.25 bits per heavy atom. The van der Waals surface area contributed by atoms with Gasteiger partial charge in [-0.1, -0.05) is 23.2 Å². The lowest BCUT2D eigenvalue weighted by atomic mass is 10.0. The quantitative estimate of drug-likeness (QED) is 0.576. The van der Waals surface area contributed by atoms with Crippen LogP contribution in [0.2, 0.25) is 10.2 Å². The molecule has 0 radical (unpaired) electrons. The van der Waals surface area contributed by atoms with E-state index in [1.165, 1.54) is 11.1 Å². The molecule has 4 rings (SSSR count). The number of aromatic nitrogens is 4. The fraction of sp³-hybridized carbons (Fsp3) is 0.429. The summed E-state index contributed by atoms with van der Waals surface area (Å²) >= 11 is 12.2. The molecule has 1 fully saturated rings. The summed E-state index contributed by atoms with van der Waals surface area (Å²) in [5, 5.41) is 8.37. The number of anilines is 1. The van der Waals surface area contributed by atoms with Crippen molar-refractivity contribution >= 4 is 40.8 Å². The second kappa shape index (κ2) is 8.71. The molecule has 8 nitrogen and oxygen atoms in total. The number of ether oxygens (including phenoxy) is 1. The number of alkyl halides is 1. The fourth-order valence-electron chi connectivity index (χ4n) is 3.43. The summed E-state index contributed by atoms with van der Waals surface area (Å²) in [5.41, 5.74) is 0.670. The SMILES string of the molecule is CC(C)(C)OC(=O)N1CC[C@@H](Nc2ncc3c(Cl)nc(-c4ccc(Cl)cc4)n3n2)[C@H](F)C1. The number of rotatable bonds is 3. The van der Waals surface area contributed by atoms with Gasteiger partial charge in [0, 0.05) is 17.1 Å². The van der Waals surface area contributed by atoms with Crippen molar-refractivity contribution in [2.75, 3.05) is 18.4 Å². The van der Waals surface area contributed by atoms with Gasteiger partial charge in [-0.3, -0.25) is 0 Å². The zero-order valence-corrected chi connectivity index (χ0v) is 19.4. The number of hydrogen-bond donors (Lipinski definition) is 1. The van der Waals surface area contributed by atoms with Crippen LogP contribution in [0.15, 0.2) is 30.5 Å². The summed E-state index contributed by atoms with van der Waals surface area (Å²) in [6.45, 7) is 5.63. The first-order chi connectivity index (χ1) is 15.1. The highest BCUT2D eigenvalue weighted by molar-refractivity contribution is 6.33. The lowest BCUT2D eigenvalue weighted by Gasteiger charge is -2.35. The molecule has 2 atom stereocenters. The Balaban J connectivity index is 1.51. The van der Waals surface area contributed by atoms with Gasteiger partial charge < -0.3 is 15.0 Å². The van der Waals surface area contributed by atoms with Gasteiger partial charge >= 0.3 is 6.09 Å². The smallest absolute Gasteiger partial charge is 0.410 e. The number of hydrogen-bond acceptors (Lipinski definition) is 6. The van der Waals surface area contributed by atoms with E-state index in [0.717, 1.165) is 5.56 Å². The highest BCUT2D eigenvalue weighted by Gasteiger charge is 2.34. The maximum absolute atomic E-state index is 14.9. The van der Waals surface area contributed by atoms with Crippen LogP contribution in [-0.2, 0) is 4.74 Å². The van der Waals surface area contributed by atoms with Crippen LogP contribution in [0.25, 0.3) is 16.9 Å². The van der Waals surface area contributed by atoms with Crippen LogP contribution < -0.4 is 5.32 Å². The van der Waals surface area contributed by atoms with Gasteiger partial charge in [0.2, 0.25) is 5.95 Å². The molecule has 3 aromatic rings. The molecule has 1 N–H and O–H groups in total. The monoisotopic (exact) mass is 480 g/mol. The third-order valence-corrected chi connectivity index (χ3v) is 5.49. The first-order valence-electron chi connectivity index (χ1n) is 10.2. The molecule has 1 saturated heterocycles. The second-order valence-corrected chi connectivity index (χ2v) is 9.39. The molecule has 0 spiro atoms. The molecule has 1 aliphatic heterocycles. The van der Waals surface area contributed by atoms with E-state index in [1.54, 1.807) is 37.4 Å². The molecular formula is C21H23Cl2FN6O2. The Bertz CT molecular complexity index is 1130. The summed E-state index contributed by atoms with van der Waals surface area (Å²) < 4.78 is 21.8. The lowest BCUT2D eigenvalue weighted by molar-refractivity contribution is 0.0125. The Labute approximate surface area is 194 Å². The van der Waals surface area contributed by atoms with Crippen LogP contribution in [0.5, 0.6) is 0 Å². The molecule has 32 heavy (non-hydrogen) atoms. The van der Waals surface area contributed by atoms with E-state index < -0.39 is 23.9 Å². The van der Waals surface area contributed by atoms with E-state index in [2.05, 4.69) is 20.4 Å². The average molecular weight is 481 g/mol. The number of imidazole rings is 1. The number of carbonyl (C=O) groups excluding carboxylic acids is 1. The van der Waals surface area contributed by atoms with Gasteiger partial charge in [0.15, 0.2) is 11.0 Å². The molecule has 0 unspecified atom stereocenters. The van der Waals surface area contributed by atoms with Gasteiger partial charge in [0.05, 0.1) is 18.8 Å². The summed E-state index contributed by atoms with van der Waals surface area (Å²) in [6, 6.07) is 6.57. The highest BCUT2D eigenvalue weighted by Crippen LogP contribution is 2.27. The van der Waals surface area contributed by atoms with Crippen LogP contribution >= 0.6 is 23.2 Å². The first-order valence-corrected chi connectivity index (χ1v) is 10.9. The molecule has 2 aromatic heterocycles. The van der Waals surface area contributed by atoms with Gasteiger partial charge in [-0.2, -0.15) is 0 Å². The van der Waals surface area contributed by atoms with Crippen molar-refractivity contribution in [3.05, 3.63) is 40.6 Å². The number of nitrogens with one attached hydrogen (secondary N) is 1. The second-order valence-electron chi connectivity index (χ2n) is 8.59. The van der Waals surface area contributed by atoms with Crippen LogP contribution in [0.3, 0.4) is 0 Å². The van der Waals surface area contributed by atoms with Crippen LogP contribution in [-0.4, -0.2) is 61.5 Å². The van der Waals surface area contributed by atoms with Crippen LogP contribution in [0.4, 0.5) is 15.1 Å². The van der Waals surface area contributed by atoms with Crippen molar-refractivity contribution in [3.8, 4) is 11.4 Å². The van der Waals surface area contributed by atoms with E-state index in [1.807, 2.05) is 12.1 Å². The summed E-state index contributed by atoms with van der Waals surface area (Å²) in [6.07, 6.45) is 0.0959. The Hall–Kier alpha value is -2.65. The number of fused-ring (bicyclic) bond motifs is 1. The minimum Gasteiger partial charge on any atom is -0.444 e. The molecule has 0 bridgehead atoms. The molecule has 3 heterocycles. The summed E-state index contributed by atoms with van der Waals surface area (Å²) in [4.78, 5) is 22.2. The number of carbonyl (C=O) groups is 1. The van der Waals surface area contributed by atoms with Crippen molar-refractivity contribution < 1.29 is 13.9 Å². The number of amides is 1. The predicted octanol–water partition coefficient (Wildman–Crippen LogP) is 4.86. The number of halogens is 3. The van der Waals surface area contributed by atoms with Gasteiger partial charge in [-0.15, -0.1) is 5.10 Å². The van der Waals surface area contributed by atoms with E-state index in [0.29, 0.717) is 29.3 Å². The maximum Gasteiger partial charge on any atom is 0.410 e. The van der Waals surface area contributed by atoms with Crippen molar-refractivity contribution in [1.82, 2.24) is 24.5 Å². The van der Waals surface area contributed by atoms with Crippen molar-refractivity contribution in [3.63, 3.8) is 0 Å². The number of benzene rings is 1. The maximum atomic E-state index is 14.9. The van der Waals surface area contributed by atoms with E-state index in [9.17, 15) is 9.18 Å². The largest absolute Gasteiger partial charge is 0.444 e. The number of piperidine rings is 1. The van der Waals surface area contributed by atoms with E-state index in [4.69, 9.17) is 27.9 Å². The third-order valence-electron chi connectivity index (χ3n) is 4.96. The summed E-state index contributed by atoms with van der Waals surface area (Å²) in [7, 11) is 0. The molecule has 170 valence electrons. The molecule has 0 saturated carbocycles. The molecule has 1 aliphatic rings. The molecule has 1 amide bonds. The lowest BCUT2D eigenvalue weighted by Crippen LogP contribution is -2.51. The third kappa shape index (κ3) is 4.88. The van der Waals surface area contributed by atoms with Crippen LogP contribution in [0.1, 0.15) is 27.2 Å². The van der Waals surface area contributed by atoms with Crippen molar-refractivity contribution in [2.45, 2.75) is 45.0 Å². The van der Waals surface area contributed by atoms with E-state index >= 15 is 0 Å². The molecule has 0 aliphatic carbocycles. The minimum absolute atomic E-state index is 0.0677. The van der Waals surface area contributed by atoms with Crippen LogP contribution in [0, 0.1) is 0 Å². The average Bonchev–Trinajstić information content (AvgIpc) is 3.05. The highest BCUT2D eigenvalue weighted by atomic mass is 35.5. The standard InChI is InChI=1S/C21H23Cl2FN6O2/c1-21(2,3)32-20(31)29-9-8-15(14(24)11-29)26-19-25-10-16-17(23)27-18(30(16)28-19)12-4-6-13(22)7-5-12/h4-7,10,14-15H,8-9,11H2,1-3H3,(H,26,28)/t14-,15-/m1/s1. The number of nitrogens with zero attached hydrogens (tertiary/aromatic N) is 5. The van der Waals surface area contributed by atoms with Gasteiger partial charge in [-0.25, -0.2) is 23.7 Å². The zero-order chi connectivity index (χ0) is 23.0. The summed E-state index contributed by atoms with van der Waals surface area (Å²) in [5.74, 6) is 0.754. The predicted molar refractivity (Wildman–Crippen MR) is 121 cm³/mol. The zero-order valence-electron chi connectivity index (χ0n) is 17.8.